The lowest BCUT2D eigenvalue weighted by Gasteiger charge is -2.16. The Morgan fingerprint density at radius 1 is 1.28 bits per heavy atom. The Bertz CT molecular complexity index is 498. The highest BCUT2D eigenvalue weighted by molar-refractivity contribution is 5.96. The summed E-state index contributed by atoms with van der Waals surface area (Å²) in [6.45, 7) is 0.362. The number of halogens is 3. The van der Waals surface area contributed by atoms with Gasteiger partial charge in [-0.1, -0.05) is 0 Å². The number of amides is 1. The standard InChI is InChI=1S/C13H10F3NO/c1-2-9-7-12(18)17(8-9)11-5-3-10(4-6-11)13(14,15)16/h1,3-6,9H,7-8H2. The lowest BCUT2D eigenvalue weighted by molar-refractivity contribution is -0.137. The minimum absolute atomic E-state index is 0.155. The predicted octanol–water partition coefficient (Wildman–Crippen LogP) is 2.69. The summed E-state index contributed by atoms with van der Waals surface area (Å²) in [5.41, 5.74) is -0.280. The average Bonchev–Trinajstić information content (AvgIpc) is 2.70. The van der Waals surface area contributed by atoms with Crippen LogP contribution in [0.5, 0.6) is 0 Å². The highest BCUT2D eigenvalue weighted by Crippen LogP contribution is 2.31. The number of nitrogens with zero attached hydrogens (tertiary/aromatic N) is 1. The van der Waals surface area contributed by atoms with Gasteiger partial charge in [0.15, 0.2) is 0 Å². The fourth-order valence-corrected chi connectivity index (χ4v) is 1.90. The Morgan fingerprint density at radius 2 is 1.89 bits per heavy atom. The molecule has 1 fully saturated rings. The Morgan fingerprint density at radius 3 is 2.33 bits per heavy atom. The number of rotatable bonds is 1. The summed E-state index contributed by atoms with van der Waals surface area (Å²) in [5, 5.41) is 0. The number of alkyl halides is 3. The topological polar surface area (TPSA) is 20.3 Å². The van der Waals surface area contributed by atoms with Crippen molar-refractivity contribution in [1.29, 1.82) is 0 Å². The van der Waals surface area contributed by atoms with Gasteiger partial charge < -0.3 is 4.90 Å². The Hall–Kier alpha value is -1.96. The first-order chi connectivity index (χ1) is 8.41. The van der Waals surface area contributed by atoms with E-state index in [0.717, 1.165) is 12.1 Å². The molecule has 0 aromatic heterocycles. The van der Waals surface area contributed by atoms with Crippen molar-refractivity contribution >= 4 is 11.6 Å². The maximum absolute atomic E-state index is 12.4. The van der Waals surface area contributed by atoms with Gasteiger partial charge in [-0.2, -0.15) is 13.2 Å². The van der Waals surface area contributed by atoms with Gasteiger partial charge in [0.2, 0.25) is 5.91 Å². The quantitative estimate of drug-likeness (QED) is 0.705. The van der Waals surface area contributed by atoms with Gasteiger partial charge in [0.25, 0.3) is 0 Å². The van der Waals surface area contributed by atoms with Crippen LogP contribution in [0.25, 0.3) is 0 Å². The average molecular weight is 253 g/mol. The zero-order valence-electron chi connectivity index (χ0n) is 9.37. The molecule has 1 aromatic rings. The minimum Gasteiger partial charge on any atom is -0.311 e. The smallest absolute Gasteiger partial charge is 0.311 e. The molecule has 0 saturated carbocycles. The molecule has 1 aliphatic rings. The molecular weight excluding hydrogens is 243 g/mol. The Balaban J connectivity index is 2.21. The molecule has 94 valence electrons. The van der Waals surface area contributed by atoms with E-state index < -0.39 is 11.7 Å². The fraction of sp³-hybridized carbons (Fsp3) is 0.308. The summed E-state index contributed by atoms with van der Waals surface area (Å²) in [7, 11) is 0. The van der Waals surface area contributed by atoms with E-state index in [2.05, 4.69) is 5.92 Å². The summed E-state index contributed by atoms with van der Waals surface area (Å²) in [4.78, 5) is 13.1. The zero-order chi connectivity index (χ0) is 13.3. The molecule has 1 unspecified atom stereocenters. The number of benzene rings is 1. The molecule has 1 amide bonds. The highest BCUT2D eigenvalue weighted by atomic mass is 19.4. The van der Waals surface area contributed by atoms with Crippen molar-refractivity contribution < 1.29 is 18.0 Å². The molecule has 5 heteroatoms. The molecule has 1 aromatic carbocycles. The number of anilines is 1. The van der Waals surface area contributed by atoms with Crippen LogP contribution in [0, 0.1) is 18.3 Å². The van der Waals surface area contributed by atoms with Crippen molar-refractivity contribution in [3.8, 4) is 12.3 Å². The molecule has 2 rings (SSSR count). The lowest BCUT2D eigenvalue weighted by atomic mass is 10.1. The van der Waals surface area contributed by atoms with Gasteiger partial charge in [0.05, 0.1) is 5.56 Å². The van der Waals surface area contributed by atoms with Crippen LogP contribution >= 0.6 is 0 Å². The molecule has 0 spiro atoms. The summed E-state index contributed by atoms with van der Waals surface area (Å²) in [6, 6.07) is 4.51. The summed E-state index contributed by atoms with van der Waals surface area (Å²) in [5.74, 6) is 2.17. The normalized spacial score (nSPS) is 20.0. The van der Waals surface area contributed by atoms with Gasteiger partial charge in [-0.15, -0.1) is 12.3 Å². The van der Waals surface area contributed by atoms with E-state index in [9.17, 15) is 18.0 Å². The van der Waals surface area contributed by atoms with Gasteiger partial charge >= 0.3 is 6.18 Å². The number of hydrogen-bond donors (Lipinski definition) is 0. The molecule has 0 radical (unpaired) electrons. The van der Waals surface area contributed by atoms with E-state index in [1.807, 2.05) is 0 Å². The zero-order valence-corrected chi connectivity index (χ0v) is 9.37. The molecule has 18 heavy (non-hydrogen) atoms. The van der Waals surface area contributed by atoms with Crippen molar-refractivity contribution in [3.05, 3.63) is 29.8 Å². The van der Waals surface area contributed by atoms with Crippen molar-refractivity contribution in [2.75, 3.05) is 11.4 Å². The van der Waals surface area contributed by atoms with Crippen molar-refractivity contribution in [3.63, 3.8) is 0 Å². The monoisotopic (exact) mass is 253 g/mol. The maximum Gasteiger partial charge on any atom is 0.416 e. The SMILES string of the molecule is C#CC1CC(=O)N(c2ccc(C(F)(F)F)cc2)C1. The largest absolute Gasteiger partial charge is 0.416 e. The first-order valence-corrected chi connectivity index (χ1v) is 5.35. The van der Waals surface area contributed by atoms with Gasteiger partial charge in [0.1, 0.15) is 0 Å². The molecule has 1 saturated heterocycles. The highest BCUT2D eigenvalue weighted by Gasteiger charge is 2.32. The van der Waals surface area contributed by atoms with Crippen molar-refractivity contribution in [2.24, 2.45) is 5.92 Å². The van der Waals surface area contributed by atoms with E-state index in [1.165, 1.54) is 17.0 Å². The molecule has 2 nitrogen and oxygen atoms in total. The van der Waals surface area contributed by atoms with E-state index in [0.29, 0.717) is 12.2 Å². The molecule has 0 bridgehead atoms. The first-order valence-electron chi connectivity index (χ1n) is 5.35. The van der Waals surface area contributed by atoms with E-state index >= 15 is 0 Å². The third-order valence-corrected chi connectivity index (χ3v) is 2.87. The second-order valence-electron chi connectivity index (χ2n) is 4.12. The third kappa shape index (κ3) is 2.33. The van der Waals surface area contributed by atoms with Gasteiger partial charge in [0, 0.05) is 24.6 Å². The van der Waals surface area contributed by atoms with Crippen LogP contribution in [0.1, 0.15) is 12.0 Å². The molecule has 0 aliphatic carbocycles. The van der Waals surface area contributed by atoms with Crippen LogP contribution in [-0.4, -0.2) is 12.5 Å². The van der Waals surface area contributed by atoms with Gasteiger partial charge in [-0.05, 0) is 24.3 Å². The van der Waals surface area contributed by atoms with E-state index in [1.54, 1.807) is 0 Å². The second kappa shape index (κ2) is 4.37. The van der Waals surface area contributed by atoms with Crippen LogP contribution in [0.4, 0.5) is 18.9 Å². The minimum atomic E-state index is -4.37. The number of carbonyl (C=O) groups excluding carboxylic acids is 1. The molecule has 1 atom stereocenters. The Labute approximate surface area is 102 Å². The number of hydrogen-bond acceptors (Lipinski definition) is 1. The summed E-state index contributed by atoms with van der Waals surface area (Å²) >= 11 is 0. The van der Waals surface area contributed by atoms with E-state index in [4.69, 9.17) is 6.42 Å². The van der Waals surface area contributed by atoms with Crippen molar-refractivity contribution in [2.45, 2.75) is 12.6 Å². The molecular formula is C13H10F3NO. The van der Waals surface area contributed by atoms with E-state index in [-0.39, 0.29) is 18.2 Å². The van der Waals surface area contributed by atoms with Crippen molar-refractivity contribution in [1.82, 2.24) is 0 Å². The summed E-state index contributed by atoms with van der Waals surface area (Å²) in [6.07, 6.45) is 1.12. The van der Waals surface area contributed by atoms with Gasteiger partial charge in [-0.25, -0.2) is 0 Å². The lowest BCUT2D eigenvalue weighted by Crippen LogP contribution is -2.24. The van der Waals surface area contributed by atoms with Crippen LogP contribution in [0.3, 0.4) is 0 Å². The maximum atomic E-state index is 12.4. The number of carbonyl (C=O) groups is 1. The van der Waals surface area contributed by atoms with Gasteiger partial charge in [-0.3, -0.25) is 4.79 Å². The summed E-state index contributed by atoms with van der Waals surface area (Å²) < 4.78 is 37.1. The second-order valence-corrected chi connectivity index (χ2v) is 4.12. The molecule has 0 N–H and O–H groups in total. The van der Waals surface area contributed by atoms with Crippen LogP contribution in [-0.2, 0) is 11.0 Å². The first kappa shape index (κ1) is 12.5. The Kier molecular flexibility index (Phi) is 3.04. The third-order valence-electron chi connectivity index (χ3n) is 2.87. The molecule has 1 heterocycles. The molecule has 1 aliphatic heterocycles. The number of terminal acetylenes is 1. The van der Waals surface area contributed by atoms with Crippen LogP contribution < -0.4 is 4.90 Å². The van der Waals surface area contributed by atoms with Crippen LogP contribution in [0.15, 0.2) is 24.3 Å². The van der Waals surface area contributed by atoms with Crippen LogP contribution in [0.2, 0.25) is 0 Å². The predicted molar refractivity (Wildman–Crippen MR) is 60.7 cm³/mol. The fourth-order valence-electron chi connectivity index (χ4n) is 1.90.